The van der Waals surface area contributed by atoms with Crippen LogP contribution in [0.4, 0.5) is 9.59 Å². The summed E-state index contributed by atoms with van der Waals surface area (Å²) in [6.45, 7) is 1.97. The van der Waals surface area contributed by atoms with Gasteiger partial charge in [0.1, 0.15) is 6.10 Å². The van der Waals surface area contributed by atoms with Crippen LogP contribution in [0.25, 0.3) is 0 Å². The Bertz CT molecular complexity index is 220. The second kappa shape index (κ2) is 4.14. The Kier molecular flexibility index (Phi) is 3.13. The molecular formula is C7H12N2O5. The fourth-order valence-electron chi connectivity index (χ4n) is 1.23. The number of carbonyl (C=O) groups is 2. The molecule has 2 amide bonds. The minimum absolute atomic E-state index is 0.0337. The monoisotopic (exact) mass is 204 g/mol. The Morgan fingerprint density at radius 2 is 1.93 bits per heavy atom. The summed E-state index contributed by atoms with van der Waals surface area (Å²) in [6.07, 6.45) is -2.72. The molecule has 0 unspecified atom stereocenters. The van der Waals surface area contributed by atoms with Crippen LogP contribution in [0, 0.1) is 0 Å². The van der Waals surface area contributed by atoms with Gasteiger partial charge in [-0.1, -0.05) is 0 Å². The molecule has 0 radical (unpaired) electrons. The summed E-state index contributed by atoms with van der Waals surface area (Å²) in [5, 5.41) is 18.1. The molecule has 0 aromatic rings. The van der Waals surface area contributed by atoms with Crippen LogP contribution < -0.4 is 0 Å². The lowest BCUT2D eigenvalue weighted by Crippen LogP contribution is -2.35. The van der Waals surface area contributed by atoms with Gasteiger partial charge in [-0.2, -0.15) is 5.06 Å². The van der Waals surface area contributed by atoms with Gasteiger partial charge in [-0.05, 0) is 6.92 Å². The first-order valence-corrected chi connectivity index (χ1v) is 4.16. The first-order valence-electron chi connectivity index (χ1n) is 4.16. The van der Waals surface area contributed by atoms with Gasteiger partial charge in [-0.3, -0.25) is 4.84 Å². The summed E-state index contributed by atoms with van der Waals surface area (Å²) in [6, 6.07) is 0. The van der Waals surface area contributed by atoms with E-state index in [9.17, 15) is 9.59 Å². The highest BCUT2D eigenvalue weighted by Gasteiger charge is 2.26. The summed E-state index contributed by atoms with van der Waals surface area (Å²) >= 11 is 0. The largest absolute Gasteiger partial charge is 0.465 e. The normalized spacial score (nSPS) is 23.1. The molecule has 0 aromatic carbocycles. The maximum Gasteiger partial charge on any atom is 0.431 e. The molecule has 1 saturated heterocycles. The van der Waals surface area contributed by atoms with E-state index in [1.165, 1.54) is 0 Å². The van der Waals surface area contributed by atoms with Gasteiger partial charge in [0.15, 0.2) is 0 Å². The van der Waals surface area contributed by atoms with E-state index in [-0.39, 0.29) is 19.6 Å². The van der Waals surface area contributed by atoms with E-state index in [2.05, 4.69) is 0 Å². The van der Waals surface area contributed by atoms with Gasteiger partial charge in [0.05, 0.1) is 13.1 Å². The van der Waals surface area contributed by atoms with E-state index in [1.54, 1.807) is 6.92 Å². The van der Waals surface area contributed by atoms with Gasteiger partial charge in [-0.25, -0.2) is 9.59 Å². The zero-order chi connectivity index (χ0) is 10.7. The number of nitrogens with zero attached hydrogens (tertiary/aromatic N) is 2. The van der Waals surface area contributed by atoms with Crippen molar-refractivity contribution in [2.45, 2.75) is 13.0 Å². The second-order valence-electron chi connectivity index (χ2n) is 3.03. The second-order valence-corrected chi connectivity index (χ2v) is 3.03. The third kappa shape index (κ3) is 2.49. The molecule has 80 valence electrons. The number of hydrogen-bond acceptors (Lipinski definition) is 3. The van der Waals surface area contributed by atoms with E-state index in [0.29, 0.717) is 0 Å². The molecule has 0 aliphatic carbocycles. The van der Waals surface area contributed by atoms with Crippen molar-refractivity contribution in [2.75, 3.05) is 19.6 Å². The van der Waals surface area contributed by atoms with Crippen LogP contribution in [-0.4, -0.2) is 58.1 Å². The fraction of sp³-hybridized carbons (Fsp3) is 0.714. The standard InChI is InChI=1S/C7H12N2O5/c1-5-4-8(6(10)11)2-3-9(14-5)7(12)13/h5H,2-4H2,1H3,(H,10,11)(H,12,13)/t5-/m0/s1. The topological polar surface area (TPSA) is 90.3 Å². The molecule has 7 heteroatoms. The summed E-state index contributed by atoms with van der Waals surface area (Å²) in [5.74, 6) is 0. The summed E-state index contributed by atoms with van der Waals surface area (Å²) in [5.41, 5.74) is 0. The first kappa shape index (κ1) is 10.6. The fourth-order valence-corrected chi connectivity index (χ4v) is 1.23. The maximum absolute atomic E-state index is 10.6. The van der Waals surface area contributed by atoms with Crippen molar-refractivity contribution < 1.29 is 24.6 Å². The van der Waals surface area contributed by atoms with E-state index >= 15 is 0 Å². The summed E-state index contributed by atoms with van der Waals surface area (Å²) < 4.78 is 0. The van der Waals surface area contributed by atoms with Crippen LogP contribution >= 0.6 is 0 Å². The quantitative estimate of drug-likeness (QED) is 0.591. The molecular weight excluding hydrogens is 192 g/mol. The molecule has 0 bridgehead atoms. The number of carboxylic acid groups (broad SMARTS) is 2. The molecule has 1 aliphatic rings. The van der Waals surface area contributed by atoms with Crippen LogP contribution in [-0.2, 0) is 4.84 Å². The van der Waals surface area contributed by atoms with Crippen LogP contribution in [0.15, 0.2) is 0 Å². The summed E-state index contributed by atoms with van der Waals surface area (Å²) in [7, 11) is 0. The molecule has 1 fully saturated rings. The van der Waals surface area contributed by atoms with Gasteiger partial charge in [-0.15, -0.1) is 0 Å². The van der Waals surface area contributed by atoms with Crippen LogP contribution in [0.1, 0.15) is 6.92 Å². The lowest BCUT2D eigenvalue weighted by atomic mass is 10.4. The molecule has 1 rings (SSSR count). The minimum Gasteiger partial charge on any atom is -0.465 e. The molecule has 1 heterocycles. The van der Waals surface area contributed by atoms with Gasteiger partial charge in [0.25, 0.3) is 0 Å². The molecule has 7 nitrogen and oxygen atoms in total. The average Bonchev–Trinajstić information content (AvgIpc) is 2.26. The van der Waals surface area contributed by atoms with Crippen LogP contribution in [0.2, 0.25) is 0 Å². The van der Waals surface area contributed by atoms with Crippen LogP contribution in [0.3, 0.4) is 0 Å². The Labute approximate surface area is 80.4 Å². The Balaban J connectivity index is 2.62. The third-order valence-electron chi connectivity index (χ3n) is 1.84. The number of rotatable bonds is 0. The van der Waals surface area contributed by atoms with Crippen molar-refractivity contribution in [2.24, 2.45) is 0 Å². The molecule has 0 saturated carbocycles. The van der Waals surface area contributed by atoms with Gasteiger partial charge >= 0.3 is 12.2 Å². The van der Waals surface area contributed by atoms with Crippen molar-refractivity contribution in [3.05, 3.63) is 0 Å². The van der Waals surface area contributed by atoms with E-state index < -0.39 is 18.3 Å². The highest BCUT2D eigenvalue weighted by Crippen LogP contribution is 2.07. The van der Waals surface area contributed by atoms with Crippen molar-refractivity contribution >= 4 is 12.2 Å². The highest BCUT2D eigenvalue weighted by molar-refractivity contribution is 5.66. The van der Waals surface area contributed by atoms with E-state index in [1.807, 2.05) is 0 Å². The maximum atomic E-state index is 10.6. The van der Waals surface area contributed by atoms with Crippen LogP contribution in [0.5, 0.6) is 0 Å². The van der Waals surface area contributed by atoms with Crippen molar-refractivity contribution in [3.8, 4) is 0 Å². The third-order valence-corrected chi connectivity index (χ3v) is 1.84. The lowest BCUT2D eigenvalue weighted by Gasteiger charge is -2.17. The first-order chi connectivity index (χ1) is 6.50. The molecule has 0 spiro atoms. The van der Waals surface area contributed by atoms with Gasteiger partial charge in [0.2, 0.25) is 0 Å². The zero-order valence-corrected chi connectivity index (χ0v) is 7.71. The molecule has 1 atom stereocenters. The average molecular weight is 204 g/mol. The summed E-state index contributed by atoms with van der Waals surface area (Å²) in [4.78, 5) is 27.3. The molecule has 14 heavy (non-hydrogen) atoms. The van der Waals surface area contributed by atoms with Crippen molar-refractivity contribution in [1.82, 2.24) is 9.96 Å². The molecule has 1 aliphatic heterocycles. The predicted octanol–water partition coefficient (Wildman–Crippen LogP) is 0.280. The minimum atomic E-state index is -1.20. The number of hydrogen-bond donors (Lipinski definition) is 2. The SMILES string of the molecule is C[C@H]1CN(C(=O)O)CCN(C(=O)O)O1. The Hall–Kier alpha value is -1.50. The Morgan fingerprint density at radius 1 is 1.29 bits per heavy atom. The zero-order valence-electron chi connectivity index (χ0n) is 7.71. The number of amides is 2. The molecule has 2 N–H and O–H groups in total. The van der Waals surface area contributed by atoms with E-state index in [0.717, 1.165) is 9.96 Å². The van der Waals surface area contributed by atoms with Gasteiger partial charge in [0, 0.05) is 6.54 Å². The lowest BCUT2D eigenvalue weighted by molar-refractivity contribution is -0.153. The Morgan fingerprint density at radius 3 is 2.43 bits per heavy atom. The predicted molar refractivity (Wildman–Crippen MR) is 44.9 cm³/mol. The molecule has 0 aromatic heterocycles. The smallest absolute Gasteiger partial charge is 0.431 e. The van der Waals surface area contributed by atoms with Crippen molar-refractivity contribution in [3.63, 3.8) is 0 Å². The van der Waals surface area contributed by atoms with Gasteiger partial charge < -0.3 is 15.1 Å². The van der Waals surface area contributed by atoms with Crippen molar-refractivity contribution in [1.29, 1.82) is 0 Å². The number of hydroxylamine groups is 2. The van der Waals surface area contributed by atoms with E-state index in [4.69, 9.17) is 15.1 Å². The highest BCUT2D eigenvalue weighted by atomic mass is 16.7.